The number of anilines is 1. The number of carbonyl (C=O) groups is 1. The number of aromatic amines is 1. The molecular weight excluding hydrogens is 336 g/mol. The number of nitrogens with one attached hydrogen (secondary N) is 1. The van der Waals surface area contributed by atoms with Crippen LogP contribution in [0.25, 0.3) is 0 Å². The van der Waals surface area contributed by atoms with Crippen molar-refractivity contribution in [3.05, 3.63) is 38.7 Å². The van der Waals surface area contributed by atoms with Crippen molar-refractivity contribution in [2.45, 2.75) is 10.2 Å². The van der Waals surface area contributed by atoms with Gasteiger partial charge in [0.25, 0.3) is 5.56 Å². The molecule has 7 nitrogen and oxygen atoms in total. The molecule has 2 aromatic rings. The average Bonchev–Trinajstić information content (AvgIpc) is 2.30. The minimum atomic E-state index is -1.12. The number of hydrogen-bond donors (Lipinski definition) is 3. The number of rotatable bonds is 3. The largest absolute Gasteiger partial charge is 0.478 e. The molecule has 0 spiro atoms. The minimum absolute atomic E-state index is 0.00412. The maximum absolute atomic E-state index is 11.2. The standard InChI is InChI=1S/C10H7BrN4O3S/c11-4-1-5(9(17)18)8(13-3-4)19-10-14-6(12)2-7(16)15-10/h1-3H,(H,17,18)(H3,12,14,15,16). The van der Waals surface area contributed by atoms with Gasteiger partial charge in [-0.05, 0) is 33.8 Å². The van der Waals surface area contributed by atoms with Gasteiger partial charge in [-0.1, -0.05) is 0 Å². The zero-order valence-corrected chi connectivity index (χ0v) is 11.7. The lowest BCUT2D eigenvalue weighted by Gasteiger charge is -2.04. The Balaban J connectivity index is 2.43. The maximum Gasteiger partial charge on any atom is 0.338 e. The summed E-state index contributed by atoms with van der Waals surface area (Å²) in [4.78, 5) is 32.7. The SMILES string of the molecule is Nc1cc(=O)[nH]c(Sc2ncc(Br)cc2C(=O)O)n1. The molecule has 19 heavy (non-hydrogen) atoms. The summed E-state index contributed by atoms with van der Waals surface area (Å²) in [5.41, 5.74) is 5.04. The Labute approximate surface area is 119 Å². The summed E-state index contributed by atoms with van der Waals surface area (Å²) in [5, 5.41) is 9.48. The van der Waals surface area contributed by atoms with E-state index in [2.05, 4.69) is 30.9 Å². The zero-order valence-electron chi connectivity index (χ0n) is 9.25. The third-order valence-corrected chi connectivity index (χ3v) is 3.32. The molecule has 9 heteroatoms. The number of carboxylic acid groups (broad SMARTS) is 1. The predicted octanol–water partition coefficient (Wildman–Crippen LogP) is 1.36. The van der Waals surface area contributed by atoms with Crippen LogP contribution < -0.4 is 11.3 Å². The highest BCUT2D eigenvalue weighted by Crippen LogP contribution is 2.27. The second kappa shape index (κ2) is 5.41. The third kappa shape index (κ3) is 3.32. The molecule has 0 saturated carbocycles. The summed E-state index contributed by atoms with van der Waals surface area (Å²) in [6, 6.07) is 2.55. The van der Waals surface area contributed by atoms with Crippen LogP contribution in [0, 0.1) is 0 Å². The number of hydrogen-bond acceptors (Lipinski definition) is 6. The summed E-state index contributed by atoms with van der Waals surface area (Å²) in [6.07, 6.45) is 1.46. The van der Waals surface area contributed by atoms with E-state index in [0.29, 0.717) is 4.47 Å². The Hall–Kier alpha value is -1.87. The molecule has 0 atom stereocenters. The summed E-state index contributed by atoms with van der Waals surface area (Å²) in [5.74, 6) is -1.07. The lowest BCUT2D eigenvalue weighted by atomic mass is 10.3. The van der Waals surface area contributed by atoms with E-state index in [1.165, 1.54) is 12.3 Å². The van der Waals surface area contributed by atoms with Gasteiger partial charge in [-0.2, -0.15) is 0 Å². The molecule has 0 aliphatic carbocycles. The minimum Gasteiger partial charge on any atom is -0.478 e. The molecule has 0 bridgehead atoms. The van der Waals surface area contributed by atoms with Gasteiger partial charge in [-0.25, -0.2) is 14.8 Å². The molecule has 2 aromatic heterocycles. The second-order valence-corrected chi connectivity index (χ2v) is 5.28. The van der Waals surface area contributed by atoms with Crippen LogP contribution in [0.15, 0.2) is 37.8 Å². The molecular formula is C10H7BrN4O3S. The van der Waals surface area contributed by atoms with Crippen LogP contribution in [0.3, 0.4) is 0 Å². The van der Waals surface area contributed by atoms with Crippen molar-refractivity contribution < 1.29 is 9.90 Å². The van der Waals surface area contributed by atoms with Crippen LogP contribution in [0.1, 0.15) is 10.4 Å². The number of H-pyrrole nitrogens is 1. The lowest BCUT2D eigenvalue weighted by molar-refractivity contribution is 0.0692. The molecule has 0 unspecified atom stereocenters. The van der Waals surface area contributed by atoms with E-state index in [1.807, 2.05) is 0 Å². The van der Waals surface area contributed by atoms with Gasteiger partial charge in [0.2, 0.25) is 0 Å². The van der Waals surface area contributed by atoms with Crippen molar-refractivity contribution >= 4 is 39.5 Å². The molecule has 98 valence electrons. The van der Waals surface area contributed by atoms with E-state index in [4.69, 9.17) is 10.8 Å². The Morgan fingerprint density at radius 1 is 1.47 bits per heavy atom. The highest BCUT2D eigenvalue weighted by atomic mass is 79.9. The van der Waals surface area contributed by atoms with E-state index in [-0.39, 0.29) is 21.6 Å². The van der Waals surface area contributed by atoms with Gasteiger partial charge in [0, 0.05) is 16.7 Å². The highest BCUT2D eigenvalue weighted by Gasteiger charge is 2.14. The molecule has 2 heterocycles. The molecule has 0 fully saturated rings. The van der Waals surface area contributed by atoms with Gasteiger partial charge >= 0.3 is 5.97 Å². The first-order chi connectivity index (χ1) is 8.95. The van der Waals surface area contributed by atoms with Crippen molar-refractivity contribution in [2.75, 3.05) is 5.73 Å². The first-order valence-electron chi connectivity index (χ1n) is 4.89. The number of pyridine rings is 1. The van der Waals surface area contributed by atoms with Gasteiger partial charge in [-0.3, -0.25) is 4.79 Å². The van der Waals surface area contributed by atoms with Crippen LogP contribution >= 0.6 is 27.7 Å². The van der Waals surface area contributed by atoms with Crippen LogP contribution in [0.5, 0.6) is 0 Å². The highest BCUT2D eigenvalue weighted by molar-refractivity contribution is 9.10. The van der Waals surface area contributed by atoms with Crippen molar-refractivity contribution in [2.24, 2.45) is 0 Å². The van der Waals surface area contributed by atoms with Gasteiger partial charge < -0.3 is 15.8 Å². The first kappa shape index (κ1) is 13.6. The van der Waals surface area contributed by atoms with E-state index in [9.17, 15) is 9.59 Å². The molecule has 0 aromatic carbocycles. The van der Waals surface area contributed by atoms with E-state index in [0.717, 1.165) is 17.8 Å². The molecule has 0 saturated heterocycles. The second-order valence-electron chi connectivity index (χ2n) is 3.39. The number of nitrogens with zero attached hydrogens (tertiary/aromatic N) is 2. The molecule has 0 aliphatic rings. The monoisotopic (exact) mass is 342 g/mol. The normalized spacial score (nSPS) is 10.4. The van der Waals surface area contributed by atoms with Gasteiger partial charge in [0.1, 0.15) is 10.8 Å². The predicted molar refractivity (Wildman–Crippen MR) is 72.3 cm³/mol. The number of halogens is 1. The quantitative estimate of drug-likeness (QED) is 0.719. The van der Waals surface area contributed by atoms with Crippen LogP contribution in [-0.4, -0.2) is 26.0 Å². The first-order valence-corrected chi connectivity index (χ1v) is 6.50. The number of nitrogens with two attached hydrogens (primary N) is 1. The third-order valence-electron chi connectivity index (χ3n) is 1.98. The smallest absolute Gasteiger partial charge is 0.338 e. The number of carboxylic acids is 1. The van der Waals surface area contributed by atoms with Crippen molar-refractivity contribution in [1.82, 2.24) is 15.0 Å². The zero-order chi connectivity index (χ0) is 14.0. The van der Waals surface area contributed by atoms with Crippen LogP contribution in [0.4, 0.5) is 5.82 Å². The molecule has 0 amide bonds. The van der Waals surface area contributed by atoms with Gasteiger partial charge in [0.15, 0.2) is 5.16 Å². The molecule has 2 rings (SSSR count). The average molecular weight is 343 g/mol. The molecule has 0 aliphatic heterocycles. The van der Waals surface area contributed by atoms with Crippen molar-refractivity contribution in [1.29, 1.82) is 0 Å². The van der Waals surface area contributed by atoms with Crippen LogP contribution in [-0.2, 0) is 0 Å². The van der Waals surface area contributed by atoms with E-state index < -0.39 is 11.5 Å². The summed E-state index contributed by atoms with van der Waals surface area (Å²) in [7, 11) is 0. The summed E-state index contributed by atoms with van der Waals surface area (Å²) < 4.78 is 0.545. The van der Waals surface area contributed by atoms with Crippen LogP contribution in [0.2, 0.25) is 0 Å². The Morgan fingerprint density at radius 2 is 2.21 bits per heavy atom. The Bertz CT molecular complexity index is 703. The number of aromatic nitrogens is 3. The van der Waals surface area contributed by atoms with Gasteiger partial charge in [-0.15, -0.1) is 0 Å². The molecule has 4 N–H and O–H groups in total. The molecule has 0 radical (unpaired) electrons. The van der Waals surface area contributed by atoms with E-state index >= 15 is 0 Å². The fourth-order valence-electron chi connectivity index (χ4n) is 1.25. The fourth-order valence-corrected chi connectivity index (χ4v) is 2.43. The fraction of sp³-hybridized carbons (Fsp3) is 0. The Kier molecular flexibility index (Phi) is 3.86. The lowest BCUT2D eigenvalue weighted by Crippen LogP contribution is -2.10. The Morgan fingerprint density at radius 3 is 2.84 bits per heavy atom. The number of aromatic carboxylic acids is 1. The maximum atomic E-state index is 11.2. The topological polar surface area (TPSA) is 122 Å². The van der Waals surface area contributed by atoms with Crippen molar-refractivity contribution in [3.63, 3.8) is 0 Å². The summed E-state index contributed by atoms with van der Waals surface area (Å²) in [6.45, 7) is 0. The van der Waals surface area contributed by atoms with E-state index in [1.54, 1.807) is 0 Å². The van der Waals surface area contributed by atoms with Crippen molar-refractivity contribution in [3.8, 4) is 0 Å². The van der Waals surface area contributed by atoms with Gasteiger partial charge in [0.05, 0.1) is 5.56 Å². The number of nitrogen functional groups attached to an aromatic ring is 1. The summed E-state index contributed by atoms with van der Waals surface area (Å²) >= 11 is 4.06.